The third kappa shape index (κ3) is 6.10. The van der Waals surface area contributed by atoms with Crippen molar-refractivity contribution in [3.63, 3.8) is 0 Å². The largest absolute Gasteiger partial charge is 0.427 e. The Kier molecular flexibility index (Phi) is 8.24. The van der Waals surface area contributed by atoms with Gasteiger partial charge in [0, 0.05) is 23.2 Å². The molecule has 0 spiro atoms. The number of amides is 3. The highest BCUT2D eigenvalue weighted by Gasteiger charge is 2.37. The molecular weight excluding hydrogens is 566 g/mol. The molecule has 2 aliphatic carbocycles. The van der Waals surface area contributed by atoms with Crippen molar-refractivity contribution >= 4 is 46.7 Å². The highest BCUT2D eigenvalue weighted by atomic mass is 35.5. The van der Waals surface area contributed by atoms with E-state index in [1.807, 2.05) is 26.0 Å². The van der Waals surface area contributed by atoms with E-state index in [9.17, 15) is 19.2 Å². The van der Waals surface area contributed by atoms with Crippen LogP contribution in [0.2, 0.25) is 5.02 Å². The van der Waals surface area contributed by atoms with Gasteiger partial charge in [0.25, 0.3) is 11.8 Å². The smallest absolute Gasteiger partial charge is 0.308 e. The van der Waals surface area contributed by atoms with E-state index in [1.54, 1.807) is 30.3 Å². The topological polar surface area (TPSA) is 105 Å². The van der Waals surface area contributed by atoms with Crippen LogP contribution < -0.4 is 15.4 Å². The van der Waals surface area contributed by atoms with Crippen molar-refractivity contribution in [1.29, 1.82) is 0 Å². The van der Waals surface area contributed by atoms with Crippen LogP contribution in [0.15, 0.2) is 66.7 Å². The van der Waals surface area contributed by atoms with Crippen LogP contribution >= 0.6 is 11.6 Å². The van der Waals surface area contributed by atoms with Crippen LogP contribution in [0.1, 0.15) is 65.3 Å². The molecule has 5 rings (SSSR count). The minimum Gasteiger partial charge on any atom is -0.427 e. The van der Waals surface area contributed by atoms with E-state index in [0.717, 1.165) is 22.3 Å². The summed E-state index contributed by atoms with van der Waals surface area (Å²) < 4.78 is 5.17. The van der Waals surface area contributed by atoms with Crippen molar-refractivity contribution in [2.45, 2.75) is 46.6 Å². The van der Waals surface area contributed by atoms with Crippen LogP contribution in [0.3, 0.4) is 0 Å². The molecule has 1 heterocycles. The number of rotatable bonds is 6. The van der Waals surface area contributed by atoms with E-state index < -0.39 is 29.7 Å². The van der Waals surface area contributed by atoms with E-state index in [4.69, 9.17) is 16.3 Å². The summed E-state index contributed by atoms with van der Waals surface area (Å²) in [6.45, 7) is 9.18. The molecule has 2 aromatic rings. The average molecular weight is 598 g/mol. The Morgan fingerprint density at radius 1 is 0.907 bits per heavy atom. The summed E-state index contributed by atoms with van der Waals surface area (Å²) in [4.78, 5) is 53.9. The number of esters is 1. The number of halogens is 1. The molecule has 2 N–H and O–H groups in total. The van der Waals surface area contributed by atoms with Crippen LogP contribution in [0, 0.1) is 13.8 Å². The molecule has 3 aliphatic rings. The van der Waals surface area contributed by atoms with E-state index >= 15 is 0 Å². The SMILES string of the molecule is CC(=O)Oc1ccc(C(C(=O)Nc2cc(C)c3cc(C(C)C)ccc(C)c2-3)N2CC(=O)Nc3cc(Cl)ccc3C2=O)cc1. The zero-order valence-electron chi connectivity index (χ0n) is 24.6. The highest BCUT2D eigenvalue weighted by Crippen LogP contribution is 2.40. The predicted molar refractivity (Wildman–Crippen MR) is 167 cm³/mol. The number of carbonyl (C=O) groups is 4. The molecular formula is C34H32ClN3O5. The monoisotopic (exact) mass is 597 g/mol. The molecule has 8 nitrogen and oxygen atoms in total. The minimum absolute atomic E-state index is 0.211. The van der Waals surface area contributed by atoms with E-state index in [2.05, 4.69) is 36.6 Å². The molecule has 0 aromatic heterocycles. The van der Waals surface area contributed by atoms with Gasteiger partial charge >= 0.3 is 5.97 Å². The quantitative estimate of drug-likeness (QED) is 0.186. The molecule has 2 aromatic carbocycles. The van der Waals surface area contributed by atoms with Crippen LogP contribution in [-0.2, 0) is 14.4 Å². The molecule has 0 saturated heterocycles. The van der Waals surface area contributed by atoms with Crippen LogP contribution in [-0.4, -0.2) is 35.1 Å². The number of hydrogen-bond acceptors (Lipinski definition) is 5. The first-order chi connectivity index (χ1) is 20.4. The maximum Gasteiger partial charge on any atom is 0.308 e. The van der Waals surface area contributed by atoms with Crippen molar-refractivity contribution in [1.82, 2.24) is 4.90 Å². The van der Waals surface area contributed by atoms with Gasteiger partial charge in [-0.15, -0.1) is 0 Å². The zero-order valence-corrected chi connectivity index (χ0v) is 25.3. The number of anilines is 2. The van der Waals surface area contributed by atoms with Gasteiger partial charge in [-0.05, 0) is 84.0 Å². The predicted octanol–water partition coefficient (Wildman–Crippen LogP) is 6.88. The molecule has 1 aliphatic heterocycles. The number of benzene rings is 2. The Labute approximate surface area is 255 Å². The Bertz CT molecular complexity index is 1730. The molecule has 0 radical (unpaired) electrons. The molecule has 1 unspecified atom stereocenters. The number of aryl methyl sites for hydroxylation is 2. The van der Waals surface area contributed by atoms with E-state index in [-0.39, 0.29) is 23.5 Å². The Hall–Kier alpha value is -4.69. The number of fused-ring (bicyclic) bond motifs is 2. The van der Waals surface area contributed by atoms with Crippen molar-refractivity contribution < 1.29 is 23.9 Å². The molecule has 3 amide bonds. The second kappa shape index (κ2) is 11.9. The zero-order chi connectivity index (χ0) is 31.0. The summed E-state index contributed by atoms with van der Waals surface area (Å²) >= 11 is 6.13. The van der Waals surface area contributed by atoms with Crippen molar-refractivity contribution in [2.75, 3.05) is 17.2 Å². The highest BCUT2D eigenvalue weighted by molar-refractivity contribution is 6.31. The van der Waals surface area contributed by atoms with Crippen molar-refractivity contribution in [3.05, 3.63) is 99.6 Å². The second-order valence-electron chi connectivity index (χ2n) is 11.1. The van der Waals surface area contributed by atoms with Gasteiger partial charge in [0.1, 0.15) is 18.3 Å². The van der Waals surface area contributed by atoms with Gasteiger partial charge in [-0.25, -0.2) is 0 Å². The van der Waals surface area contributed by atoms with Crippen LogP contribution in [0.5, 0.6) is 5.75 Å². The maximum atomic E-state index is 14.3. The third-order valence-corrected chi connectivity index (χ3v) is 7.79. The van der Waals surface area contributed by atoms with E-state index in [1.165, 1.54) is 29.5 Å². The fourth-order valence-electron chi connectivity index (χ4n) is 5.44. The lowest BCUT2D eigenvalue weighted by Crippen LogP contribution is -2.43. The fraction of sp³-hybridized carbons (Fsp3) is 0.235. The average Bonchev–Trinajstić information content (AvgIpc) is 3.05. The van der Waals surface area contributed by atoms with Gasteiger partial charge in [0.15, 0.2) is 0 Å². The molecule has 1 atom stereocenters. The van der Waals surface area contributed by atoms with Gasteiger partial charge in [-0.2, -0.15) is 0 Å². The lowest BCUT2D eigenvalue weighted by atomic mass is 10.0. The lowest BCUT2D eigenvalue weighted by molar-refractivity contribution is -0.132. The Morgan fingerprint density at radius 2 is 1.60 bits per heavy atom. The molecule has 0 bridgehead atoms. The summed E-state index contributed by atoms with van der Waals surface area (Å²) in [5.74, 6) is -1.36. The number of nitrogens with zero attached hydrogens (tertiary/aromatic N) is 1. The summed E-state index contributed by atoms with van der Waals surface area (Å²) in [6.07, 6.45) is 0. The summed E-state index contributed by atoms with van der Waals surface area (Å²) in [5, 5.41) is 6.16. The first-order valence-electron chi connectivity index (χ1n) is 14.0. The number of carbonyl (C=O) groups excluding carboxylic acids is 4. The number of ether oxygens (including phenoxy) is 1. The lowest BCUT2D eigenvalue weighted by Gasteiger charge is -2.30. The van der Waals surface area contributed by atoms with Gasteiger partial charge in [-0.1, -0.05) is 55.8 Å². The minimum atomic E-state index is -1.19. The van der Waals surface area contributed by atoms with Crippen LogP contribution in [0.25, 0.3) is 11.1 Å². The molecule has 0 fully saturated rings. The number of nitrogens with one attached hydrogen (secondary N) is 2. The molecule has 9 heteroatoms. The molecule has 220 valence electrons. The van der Waals surface area contributed by atoms with E-state index in [0.29, 0.717) is 22.2 Å². The van der Waals surface area contributed by atoms with Gasteiger partial charge in [0.05, 0.1) is 11.3 Å². The second-order valence-corrected chi connectivity index (χ2v) is 11.5. The summed E-state index contributed by atoms with van der Waals surface area (Å²) in [7, 11) is 0. The Balaban J connectivity index is 1.59. The summed E-state index contributed by atoms with van der Waals surface area (Å²) in [6, 6.07) is 17.9. The summed E-state index contributed by atoms with van der Waals surface area (Å²) in [5.41, 5.74) is 6.63. The maximum absolute atomic E-state index is 14.3. The standard InChI is InChI=1S/C34H32ClN3O5/c1-18(2)23-7-6-19(3)31-27(15-23)20(4)14-29(31)37-33(41)32(22-8-11-25(12-9-22)43-21(5)39)38-17-30(40)36-28-16-24(35)10-13-26(28)34(38)42/h6-16,18,32H,17H2,1-5H3,(H,36,40)(H,37,41). The normalized spacial score (nSPS) is 13.8. The fourth-order valence-corrected chi connectivity index (χ4v) is 5.61. The third-order valence-electron chi connectivity index (χ3n) is 7.56. The number of hydrogen-bond donors (Lipinski definition) is 2. The Morgan fingerprint density at radius 3 is 2.28 bits per heavy atom. The molecule has 43 heavy (non-hydrogen) atoms. The van der Waals surface area contributed by atoms with Crippen molar-refractivity contribution in [2.24, 2.45) is 0 Å². The first kappa shape index (κ1) is 29.8. The molecule has 0 saturated carbocycles. The first-order valence-corrected chi connectivity index (χ1v) is 14.3. The van der Waals surface area contributed by atoms with Gasteiger partial charge in [-0.3, -0.25) is 19.2 Å². The van der Waals surface area contributed by atoms with Crippen molar-refractivity contribution in [3.8, 4) is 16.9 Å². The van der Waals surface area contributed by atoms with Gasteiger partial charge < -0.3 is 20.3 Å². The van der Waals surface area contributed by atoms with Crippen LogP contribution in [0.4, 0.5) is 11.4 Å². The van der Waals surface area contributed by atoms with Gasteiger partial charge in [0.2, 0.25) is 5.91 Å².